The summed E-state index contributed by atoms with van der Waals surface area (Å²) in [5, 5.41) is 3.77. The number of nitrogens with zero attached hydrogens (tertiary/aromatic N) is 4. The Kier molecular flexibility index (Phi) is 10.6. The zero-order chi connectivity index (χ0) is 37.1. The molecule has 1 amide bonds. The molecule has 1 aliphatic heterocycles. The van der Waals surface area contributed by atoms with Gasteiger partial charge in [-0.25, -0.2) is 4.39 Å². The number of aryl methyl sites for hydroxylation is 1. The van der Waals surface area contributed by atoms with Gasteiger partial charge >= 0.3 is 0 Å². The fourth-order valence-corrected chi connectivity index (χ4v) is 6.78. The zero-order valence-electron chi connectivity index (χ0n) is 29.7. The van der Waals surface area contributed by atoms with Gasteiger partial charge in [0, 0.05) is 73.2 Å². The molecule has 1 aliphatic rings. The van der Waals surface area contributed by atoms with E-state index >= 15 is 4.39 Å². The molecule has 272 valence electrons. The van der Waals surface area contributed by atoms with E-state index in [1.807, 2.05) is 19.1 Å². The number of piperazine rings is 1. The number of aromatic nitrogens is 2. The Bertz CT molecular complexity index is 2360. The highest BCUT2D eigenvalue weighted by Crippen LogP contribution is 2.38. The van der Waals surface area contributed by atoms with Crippen LogP contribution in [0.5, 0.6) is 23.0 Å². The van der Waals surface area contributed by atoms with E-state index in [2.05, 4.69) is 27.1 Å². The third-order valence-electron chi connectivity index (χ3n) is 9.41. The van der Waals surface area contributed by atoms with Crippen molar-refractivity contribution in [2.24, 2.45) is 0 Å². The summed E-state index contributed by atoms with van der Waals surface area (Å²) >= 11 is 6.69. The predicted molar refractivity (Wildman–Crippen MR) is 206 cm³/mol. The summed E-state index contributed by atoms with van der Waals surface area (Å²) in [4.78, 5) is 36.7. The lowest BCUT2D eigenvalue weighted by molar-refractivity contribution is 0.102. The van der Waals surface area contributed by atoms with Crippen molar-refractivity contribution in [3.8, 4) is 28.7 Å². The molecule has 2 aromatic heterocycles. The number of fused-ring (bicyclic) bond motifs is 2. The van der Waals surface area contributed by atoms with Gasteiger partial charge in [-0.1, -0.05) is 47.5 Å². The molecule has 0 atom stereocenters. The number of hydrogen-bond acceptors (Lipinski definition) is 8. The van der Waals surface area contributed by atoms with E-state index in [4.69, 9.17) is 25.8 Å². The molecule has 6 aromatic rings. The molecule has 0 spiro atoms. The molecule has 12 heteroatoms. The van der Waals surface area contributed by atoms with Crippen molar-refractivity contribution in [3.63, 3.8) is 0 Å². The van der Waals surface area contributed by atoms with Gasteiger partial charge in [-0.15, -0.1) is 0 Å². The maximum atomic E-state index is 15.6. The second-order valence-electron chi connectivity index (χ2n) is 13.1. The standard InChI is InChI=1S/C41H39ClFN5O5/c1-26-9-12-28(13-10-26)48-33-8-5-4-7-29(33)39(42)38(41(48)50)40(49)45-27-11-14-35(31(43)23-27)53-34-15-16-44-32-25-37(36(51-3)24-30(32)34)52-22-6-17-47-20-18-46(2)19-21-47/h4-5,7-16,23-25H,6,17-22H2,1-3H3,(H,45,49). The van der Waals surface area contributed by atoms with E-state index < -0.39 is 17.3 Å². The Morgan fingerprint density at radius 3 is 2.43 bits per heavy atom. The van der Waals surface area contributed by atoms with Gasteiger partial charge in [-0.05, 0) is 62.9 Å². The first-order chi connectivity index (χ1) is 25.7. The first kappa shape index (κ1) is 35.9. The quantitative estimate of drug-likeness (QED) is 0.135. The maximum absolute atomic E-state index is 15.6. The SMILES string of the molecule is COc1cc2c(Oc3ccc(NC(=O)c4c(Cl)c5ccccc5n(-c5ccc(C)cc5)c4=O)cc3F)ccnc2cc1OCCCN1CCN(C)CC1. The molecule has 7 rings (SSSR count). The van der Waals surface area contributed by atoms with Crippen LogP contribution >= 0.6 is 11.6 Å². The number of nitrogens with one attached hydrogen (secondary N) is 1. The van der Waals surface area contributed by atoms with Crippen molar-refractivity contribution in [2.75, 3.05) is 58.8 Å². The van der Waals surface area contributed by atoms with E-state index in [9.17, 15) is 9.59 Å². The van der Waals surface area contributed by atoms with Crippen LogP contribution in [0.15, 0.2) is 95.9 Å². The second-order valence-corrected chi connectivity index (χ2v) is 13.4. The molecular formula is C41H39ClFN5O5. The predicted octanol–water partition coefficient (Wildman–Crippen LogP) is 7.71. The number of para-hydroxylation sites is 1. The third kappa shape index (κ3) is 7.68. The molecule has 0 unspecified atom stereocenters. The first-order valence-electron chi connectivity index (χ1n) is 17.4. The number of rotatable bonds is 11. The largest absolute Gasteiger partial charge is 0.493 e. The highest BCUT2D eigenvalue weighted by atomic mass is 35.5. The highest BCUT2D eigenvalue weighted by molar-refractivity contribution is 6.39. The molecule has 53 heavy (non-hydrogen) atoms. The van der Waals surface area contributed by atoms with Gasteiger partial charge in [0.2, 0.25) is 0 Å². The molecule has 3 heterocycles. The molecule has 1 saturated heterocycles. The zero-order valence-corrected chi connectivity index (χ0v) is 30.5. The summed E-state index contributed by atoms with van der Waals surface area (Å²) in [5.41, 5.74) is 1.99. The molecule has 0 bridgehead atoms. The van der Waals surface area contributed by atoms with Gasteiger partial charge in [-0.3, -0.25) is 19.1 Å². The number of ether oxygens (including phenoxy) is 3. The van der Waals surface area contributed by atoms with Crippen LogP contribution in [0, 0.1) is 12.7 Å². The number of amides is 1. The van der Waals surface area contributed by atoms with Crippen molar-refractivity contribution in [1.29, 1.82) is 0 Å². The molecule has 4 aromatic carbocycles. The van der Waals surface area contributed by atoms with Crippen molar-refractivity contribution in [3.05, 3.63) is 123 Å². The van der Waals surface area contributed by atoms with Crippen LogP contribution in [0.1, 0.15) is 22.3 Å². The van der Waals surface area contributed by atoms with Crippen LogP contribution in [-0.4, -0.2) is 78.7 Å². The van der Waals surface area contributed by atoms with Crippen LogP contribution in [0.2, 0.25) is 5.02 Å². The van der Waals surface area contributed by atoms with Crippen molar-refractivity contribution in [2.45, 2.75) is 13.3 Å². The molecule has 10 nitrogen and oxygen atoms in total. The number of carbonyl (C=O) groups excluding carboxylic acids is 1. The minimum absolute atomic E-state index is 0.00564. The number of hydrogen-bond donors (Lipinski definition) is 1. The lowest BCUT2D eigenvalue weighted by atomic mass is 10.1. The number of halogens is 2. The van der Waals surface area contributed by atoms with Crippen LogP contribution < -0.4 is 25.1 Å². The fraction of sp³-hybridized carbons (Fsp3) is 0.244. The normalized spacial score (nSPS) is 13.7. The van der Waals surface area contributed by atoms with Gasteiger partial charge in [0.15, 0.2) is 23.1 Å². The number of anilines is 1. The summed E-state index contributed by atoms with van der Waals surface area (Å²) < 4.78 is 34.8. The van der Waals surface area contributed by atoms with Gasteiger partial charge in [0.25, 0.3) is 11.5 Å². The van der Waals surface area contributed by atoms with Crippen LogP contribution in [0.3, 0.4) is 0 Å². The topological polar surface area (TPSA) is 98.2 Å². The molecule has 0 saturated carbocycles. The van der Waals surface area contributed by atoms with Gasteiger partial charge in [-0.2, -0.15) is 0 Å². The Labute approximate surface area is 311 Å². The van der Waals surface area contributed by atoms with E-state index in [0.29, 0.717) is 51.3 Å². The van der Waals surface area contributed by atoms with Crippen LogP contribution in [-0.2, 0) is 0 Å². The monoisotopic (exact) mass is 735 g/mol. The molecule has 1 fully saturated rings. The van der Waals surface area contributed by atoms with Gasteiger partial charge in [0.05, 0.1) is 29.8 Å². The molecule has 1 N–H and O–H groups in total. The lowest BCUT2D eigenvalue weighted by Gasteiger charge is -2.32. The fourth-order valence-electron chi connectivity index (χ4n) is 6.46. The van der Waals surface area contributed by atoms with Crippen molar-refractivity contribution >= 4 is 45.0 Å². The van der Waals surface area contributed by atoms with Crippen molar-refractivity contribution < 1.29 is 23.4 Å². The Morgan fingerprint density at radius 2 is 1.68 bits per heavy atom. The number of pyridine rings is 2. The van der Waals surface area contributed by atoms with E-state index in [1.54, 1.807) is 67.9 Å². The van der Waals surface area contributed by atoms with E-state index in [1.165, 1.54) is 16.7 Å². The number of likely N-dealkylation sites (N-methyl/N-ethyl adjacent to an activating group) is 1. The number of carbonyl (C=O) groups is 1. The summed E-state index contributed by atoms with van der Waals surface area (Å²) in [7, 11) is 3.70. The Balaban J connectivity index is 1.08. The average Bonchev–Trinajstić information content (AvgIpc) is 3.16. The molecule has 0 aliphatic carbocycles. The van der Waals surface area contributed by atoms with Crippen LogP contribution in [0.4, 0.5) is 10.1 Å². The maximum Gasteiger partial charge on any atom is 0.270 e. The Morgan fingerprint density at radius 1 is 0.906 bits per heavy atom. The summed E-state index contributed by atoms with van der Waals surface area (Å²) in [6.45, 7) is 7.67. The number of methoxy groups -OCH3 is 1. The summed E-state index contributed by atoms with van der Waals surface area (Å²) in [6, 6.07) is 23.7. The molecular weight excluding hydrogens is 697 g/mol. The second kappa shape index (κ2) is 15.6. The molecule has 0 radical (unpaired) electrons. The summed E-state index contributed by atoms with van der Waals surface area (Å²) in [6.07, 6.45) is 2.45. The lowest BCUT2D eigenvalue weighted by Crippen LogP contribution is -2.44. The Hall–Kier alpha value is -5.49. The van der Waals surface area contributed by atoms with E-state index in [0.717, 1.165) is 50.8 Å². The van der Waals surface area contributed by atoms with Crippen molar-refractivity contribution in [1.82, 2.24) is 19.4 Å². The minimum atomic E-state index is -0.774. The average molecular weight is 736 g/mol. The number of benzene rings is 4. The van der Waals surface area contributed by atoms with E-state index in [-0.39, 0.29) is 22.0 Å². The van der Waals surface area contributed by atoms with Gasteiger partial charge < -0.3 is 29.3 Å². The smallest absolute Gasteiger partial charge is 0.270 e. The van der Waals surface area contributed by atoms with Crippen LogP contribution in [0.25, 0.3) is 27.5 Å². The highest BCUT2D eigenvalue weighted by Gasteiger charge is 2.23. The third-order valence-corrected chi connectivity index (χ3v) is 9.80. The first-order valence-corrected chi connectivity index (χ1v) is 17.8. The summed E-state index contributed by atoms with van der Waals surface area (Å²) in [5.74, 6) is -0.172. The minimum Gasteiger partial charge on any atom is -0.493 e. The van der Waals surface area contributed by atoms with Gasteiger partial charge in [0.1, 0.15) is 11.3 Å².